The molecular formula is C19H25NO2S. The SMILES string of the molecule is COC(=O)c1sccc1C1=C(C2=CCC(C)CC2)CN(C)CC1. The molecule has 3 nitrogen and oxygen atoms in total. The summed E-state index contributed by atoms with van der Waals surface area (Å²) >= 11 is 1.48. The molecule has 1 aliphatic heterocycles. The Balaban J connectivity index is 2.04. The summed E-state index contributed by atoms with van der Waals surface area (Å²) in [5.74, 6) is 0.572. The van der Waals surface area contributed by atoms with E-state index in [9.17, 15) is 4.79 Å². The lowest BCUT2D eigenvalue weighted by atomic mass is 9.82. The number of rotatable bonds is 3. The molecule has 0 N–H and O–H groups in total. The highest BCUT2D eigenvalue weighted by Crippen LogP contribution is 2.38. The minimum atomic E-state index is -0.216. The van der Waals surface area contributed by atoms with Crippen molar-refractivity contribution in [2.75, 3.05) is 27.2 Å². The largest absolute Gasteiger partial charge is 0.465 e. The lowest BCUT2D eigenvalue weighted by molar-refractivity contribution is 0.0606. The van der Waals surface area contributed by atoms with Crippen LogP contribution in [-0.2, 0) is 4.74 Å². The van der Waals surface area contributed by atoms with Crippen molar-refractivity contribution in [2.45, 2.75) is 32.6 Å². The maximum Gasteiger partial charge on any atom is 0.348 e. The van der Waals surface area contributed by atoms with Crippen LogP contribution in [0.3, 0.4) is 0 Å². The molecule has 0 amide bonds. The number of methoxy groups -OCH3 is 1. The van der Waals surface area contributed by atoms with E-state index in [2.05, 4.69) is 31.0 Å². The molecule has 4 heteroatoms. The second-order valence-electron chi connectivity index (χ2n) is 6.71. The Labute approximate surface area is 142 Å². The Morgan fingerprint density at radius 1 is 1.35 bits per heavy atom. The van der Waals surface area contributed by atoms with Crippen LogP contribution in [0.25, 0.3) is 5.57 Å². The third-order valence-electron chi connectivity index (χ3n) is 4.96. The Hall–Kier alpha value is -1.39. The molecule has 0 fully saturated rings. The number of nitrogens with zero attached hydrogens (tertiary/aromatic N) is 1. The van der Waals surface area contributed by atoms with Crippen molar-refractivity contribution in [3.8, 4) is 0 Å². The molecule has 2 heterocycles. The maximum absolute atomic E-state index is 12.1. The van der Waals surface area contributed by atoms with E-state index in [4.69, 9.17) is 4.74 Å². The van der Waals surface area contributed by atoms with Gasteiger partial charge in [-0.25, -0.2) is 4.79 Å². The van der Waals surface area contributed by atoms with Gasteiger partial charge in [-0.1, -0.05) is 13.0 Å². The Morgan fingerprint density at radius 3 is 2.87 bits per heavy atom. The third-order valence-corrected chi connectivity index (χ3v) is 5.85. The zero-order chi connectivity index (χ0) is 16.4. The number of carbonyl (C=O) groups excluding carboxylic acids is 1. The fraction of sp³-hybridized carbons (Fsp3) is 0.526. The number of thiophene rings is 1. The normalized spacial score (nSPS) is 22.9. The van der Waals surface area contributed by atoms with Gasteiger partial charge in [-0.2, -0.15) is 0 Å². The first kappa shape index (κ1) is 16.5. The standard InChI is InChI=1S/C19H25NO2S/c1-13-4-6-14(7-5-13)17-12-20(2)10-8-15(17)16-9-11-23-18(16)19(21)22-3/h6,9,11,13H,4-5,7-8,10,12H2,1-3H3. The molecular weight excluding hydrogens is 306 g/mol. The molecule has 1 aromatic heterocycles. The van der Waals surface area contributed by atoms with Crippen LogP contribution in [0.2, 0.25) is 0 Å². The first-order chi connectivity index (χ1) is 11.1. The minimum Gasteiger partial charge on any atom is -0.465 e. The number of allylic oxidation sites excluding steroid dienone is 1. The van der Waals surface area contributed by atoms with E-state index in [-0.39, 0.29) is 5.97 Å². The van der Waals surface area contributed by atoms with Crippen LogP contribution in [0.4, 0.5) is 0 Å². The average Bonchev–Trinajstić information content (AvgIpc) is 3.04. The lowest BCUT2D eigenvalue weighted by Crippen LogP contribution is -2.29. The molecule has 0 saturated carbocycles. The highest BCUT2D eigenvalue weighted by Gasteiger charge is 2.26. The summed E-state index contributed by atoms with van der Waals surface area (Å²) in [6.07, 6.45) is 7.01. The third kappa shape index (κ3) is 3.43. The average molecular weight is 331 g/mol. The minimum absolute atomic E-state index is 0.216. The van der Waals surface area contributed by atoms with Crippen molar-refractivity contribution in [1.29, 1.82) is 0 Å². The zero-order valence-corrected chi connectivity index (χ0v) is 15.0. The first-order valence-corrected chi connectivity index (χ1v) is 9.24. The predicted molar refractivity (Wildman–Crippen MR) is 95.8 cm³/mol. The van der Waals surface area contributed by atoms with Crippen molar-refractivity contribution in [2.24, 2.45) is 5.92 Å². The van der Waals surface area contributed by atoms with Crippen molar-refractivity contribution >= 4 is 22.9 Å². The fourth-order valence-corrected chi connectivity index (χ4v) is 4.37. The number of ether oxygens (including phenoxy) is 1. The second-order valence-corrected chi connectivity index (χ2v) is 7.62. The fourth-order valence-electron chi connectivity index (χ4n) is 3.53. The van der Waals surface area contributed by atoms with E-state index >= 15 is 0 Å². The quantitative estimate of drug-likeness (QED) is 0.770. The van der Waals surface area contributed by atoms with Gasteiger partial charge >= 0.3 is 5.97 Å². The van der Waals surface area contributed by atoms with E-state index in [1.165, 1.54) is 48.0 Å². The summed E-state index contributed by atoms with van der Waals surface area (Å²) in [5.41, 5.74) is 5.37. The van der Waals surface area contributed by atoms with Crippen LogP contribution >= 0.6 is 11.3 Å². The summed E-state index contributed by atoms with van der Waals surface area (Å²) in [6, 6.07) is 2.09. The highest BCUT2D eigenvalue weighted by atomic mass is 32.1. The van der Waals surface area contributed by atoms with Gasteiger partial charge in [0.25, 0.3) is 0 Å². The van der Waals surface area contributed by atoms with Gasteiger partial charge in [-0.3, -0.25) is 0 Å². The van der Waals surface area contributed by atoms with Gasteiger partial charge in [0.05, 0.1) is 7.11 Å². The smallest absolute Gasteiger partial charge is 0.348 e. The number of hydrogen-bond acceptors (Lipinski definition) is 4. The van der Waals surface area contributed by atoms with E-state index in [0.29, 0.717) is 0 Å². The number of esters is 1. The maximum atomic E-state index is 12.1. The molecule has 1 atom stereocenters. The number of carbonyl (C=O) groups is 1. The molecule has 2 aliphatic rings. The van der Waals surface area contributed by atoms with Gasteiger partial charge < -0.3 is 9.64 Å². The van der Waals surface area contributed by atoms with Crippen LogP contribution < -0.4 is 0 Å². The molecule has 0 spiro atoms. The molecule has 0 saturated heterocycles. The van der Waals surface area contributed by atoms with Gasteiger partial charge in [0, 0.05) is 18.7 Å². The van der Waals surface area contributed by atoms with Crippen LogP contribution in [0.1, 0.15) is 47.8 Å². The van der Waals surface area contributed by atoms with Gasteiger partial charge in [0.15, 0.2) is 0 Å². The lowest BCUT2D eigenvalue weighted by Gasteiger charge is -2.31. The number of likely N-dealkylation sites (N-methyl/N-ethyl adjacent to an activating group) is 1. The van der Waals surface area contributed by atoms with Crippen LogP contribution in [0.15, 0.2) is 28.7 Å². The second kappa shape index (κ2) is 7.02. The van der Waals surface area contributed by atoms with E-state index in [1.54, 1.807) is 0 Å². The summed E-state index contributed by atoms with van der Waals surface area (Å²) in [6.45, 7) is 4.34. The van der Waals surface area contributed by atoms with Gasteiger partial charge in [0.1, 0.15) is 4.88 Å². The molecule has 0 bridgehead atoms. The van der Waals surface area contributed by atoms with E-state index in [0.717, 1.165) is 42.3 Å². The van der Waals surface area contributed by atoms with E-state index in [1.807, 2.05) is 5.38 Å². The van der Waals surface area contributed by atoms with Crippen LogP contribution in [0, 0.1) is 5.92 Å². The monoisotopic (exact) mass is 331 g/mol. The molecule has 0 radical (unpaired) electrons. The van der Waals surface area contributed by atoms with Crippen LogP contribution in [0.5, 0.6) is 0 Å². The summed E-state index contributed by atoms with van der Waals surface area (Å²) < 4.78 is 4.97. The van der Waals surface area contributed by atoms with Crippen molar-refractivity contribution in [3.63, 3.8) is 0 Å². The summed E-state index contributed by atoms with van der Waals surface area (Å²) in [7, 11) is 3.64. The van der Waals surface area contributed by atoms with Crippen molar-refractivity contribution in [3.05, 3.63) is 39.1 Å². The highest BCUT2D eigenvalue weighted by molar-refractivity contribution is 7.12. The first-order valence-electron chi connectivity index (χ1n) is 8.36. The van der Waals surface area contributed by atoms with Crippen LogP contribution in [-0.4, -0.2) is 38.1 Å². The summed E-state index contributed by atoms with van der Waals surface area (Å²) in [5, 5.41) is 2.00. The van der Waals surface area contributed by atoms with Gasteiger partial charge in [-0.15, -0.1) is 11.3 Å². The van der Waals surface area contributed by atoms with Gasteiger partial charge in [0.2, 0.25) is 0 Å². The number of hydrogen-bond donors (Lipinski definition) is 0. The molecule has 23 heavy (non-hydrogen) atoms. The predicted octanol–water partition coefficient (Wildman–Crippen LogP) is 4.37. The molecule has 1 aliphatic carbocycles. The Bertz CT molecular complexity index is 656. The Kier molecular flexibility index (Phi) is 5.02. The summed E-state index contributed by atoms with van der Waals surface area (Å²) in [4.78, 5) is 15.2. The zero-order valence-electron chi connectivity index (χ0n) is 14.2. The topological polar surface area (TPSA) is 29.5 Å². The van der Waals surface area contributed by atoms with Gasteiger partial charge in [-0.05, 0) is 66.8 Å². The molecule has 124 valence electrons. The van der Waals surface area contributed by atoms with Crippen molar-refractivity contribution < 1.29 is 9.53 Å². The molecule has 0 aromatic carbocycles. The molecule has 3 rings (SSSR count). The van der Waals surface area contributed by atoms with E-state index < -0.39 is 0 Å². The van der Waals surface area contributed by atoms with Crippen molar-refractivity contribution in [1.82, 2.24) is 4.90 Å². The Morgan fingerprint density at radius 2 is 2.17 bits per heavy atom. The molecule has 1 aromatic rings. The molecule has 1 unspecified atom stereocenters.